The first-order chi connectivity index (χ1) is 6.27. The fraction of sp³-hybridized carbons (Fsp3) is 0.100. The van der Waals surface area contributed by atoms with Crippen LogP contribution in [0.1, 0.15) is 5.56 Å². The monoisotopic (exact) mass is 174 g/mol. The molecule has 0 unspecified atom stereocenters. The molecule has 0 saturated carbocycles. The van der Waals surface area contributed by atoms with Gasteiger partial charge in [-0.15, -0.1) is 0 Å². The molecule has 0 fully saturated rings. The molecular weight excluding hydrogens is 164 g/mol. The van der Waals surface area contributed by atoms with Crippen LogP contribution in [0.15, 0.2) is 36.7 Å². The summed E-state index contributed by atoms with van der Waals surface area (Å²) in [5, 5.41) is 9.33. The highest BCUT2D eigenvalue weighted by molar-refractivity contribution is 5.55. The van der Waals surface area contributed by atoms with Crippen molar-refractivity contribution in [3.8, 4) is 11.4 Å². The molecule has 0 saturated heterocycles. The van der Waals surface area contributed by atoms with Crippen LogP contribution in [0.5, 0.6) is 0 Å². The Morgan fingerprint density at radius 1 is 1.23 bits per heavy atom. The number of imidazole rings is 1. The van der Waals surface area contributed by atoms with Crippen LogP contribution in [0.3, 0.4) is 0 Å². The minimum atomic E-state index is 0.569. The molecular formula is C10H10N2O. The maximum atomic E-state index is 9.33. The molecule has 1 aromatic heterocycles. The Morgan fingerprint density at radius 3 is 2.46 bits per heavy atom. The lowest BCUT2D eigenvalue weighted by atomic mass is 10.1. The molecule has 1 aromatic carbocycles. The fourth-order valence-electron chi connectivity index (χ4n) is 1.21. The van der Waals surface area contributed by atoms with E-state index in [1.165, 1.54) is 11.8 Å². The third kappa shape index (κ3) is 1.40. The predicted molar refractivity (Wildman–Crippen MR) is 49.6 cm³/mol. The predicted octanol–water partition coefficient (Wildman–Crippen LogP) is 2.10. The Hall–Kier alpha value is -1.77. The lowest BCUT2D eigenvalue weighted by Gasteiger charge is -2.00. The Balaban J connectivity index is 2.47. The van der Waals surface area contributed by atoms with Crippen molar-refractivity contribution in [2.45, 2.75) is 6.92 Å². The molecule has 0 aliphatic rings. The maximum Gasteiger partial charge on any atom is 0.175 e. The zero-order valence-corrected chi connectivity index (χ0v) is 7.31. The molecule has 0 aliphatic carbocycles. The molecule has 13 heavy (non-hydrogen) atoms. The first kappa shape index (κ1) is 7.86. The SMILES string of the molecule is Cc1ccc(-c2nccn2O)cc1. The lowest BCUT2D eigenvalue weighted by molar-refractivity contribution is 0.191. The van der Waals surface area contributed by atoms with E-state index < -0.39 is 0 Å². The van der Waals surface area contributed by atoms with Crippen LogP contribution in [0.2, 0.25) is 0 Å². The van der Waals surface area contributed by atoms with Gasteiger partial charge in [-0.25, -0.2) is 4.98 Å². The van der Waals surface area contributed by atoms with Crippen molar-refractivity contribution in [2.24, 2.45) is 0 Å². The molecule has 1 heterocycles. The van der Waals surface area contributed by atoms with Gasteiger partial charge in [-0.1, -0.05) is 29.8 Å². The second-order valence-corrected chi connectivity index (χ2v) is 2.96. The van der Waals surface area contributed by atoms with E-state index in [0.717, 1.165) is 10.3 Å². The summed E-state index contributed by atoms with van der Waals surface area (Å²) in [6, 6.07) is 7.85. The van der Waals surface area contributed by atoms with Gasteiger partial charge in [0.05, 0.1) is 6.20 Å². The van der Waals surface area contributed by atoms with E-state index in [9.17, 15) is 5.21 Å². The van der Waals surface area contributed by atoms with Gasteiger partial charge in [0.15, 0.2) is 5.82 Å². The van der Waals surface area contributed by atoms with Gasteiger partial charge in [0.1, 0.15) is 0 Å². The number of nitrogens with zero attached hydrogens (tertiary/aromatic N) is 2. The van der Waals surface area contributed by atoms with Gasteiger partial charge in [0.25, 0.3) is 0 Å². The van der Waals surface area contributed by atoms with Crippen LogP contribution in [-0.2, 0) is 0 Å². The molecule has 0 atom stereocenters. The zero-order valence-electron chi connectivity index (χ0n) is 7.31. The highest BCUT2D eigenvalue weighted by atomic mass is 16.5. The van der Waals surface area contributed by atoms with E-state index in [2.05, 4.69) is 4.98 Å². The number of aryl methyl sites for hydroxylation is 1. The number of rotatable bonds is 1. The standard InChI is InChI=1S/C10H10N2O/c1-8-2-4-9(5-3-8)10-11-6-7-12(10)13/h2-7,13H,1H3. The molecule has 2 rings (SSSR count). The first-order valence-electron chi connectivity index (χ1n) is 4.07. The quantitative estimate of drug-likeness (QED) is 0.672. The van der Waals surface area contributed by atoms with E-state index in [1.807, 2.05) is 31.2 Å². The van der Waals surface area contributed by atoms with Crippen molar-refractivity contribution in [1.82, 2.24) is 9.71 Å². The highest BCUT2D eigenvalue weighted by Crippen LogP contribution is 2.16. The van der Waals surface area contributed by atoms with Gasteiger partial charge < -0.3 is 5.21 Å². The molecule has 0 radical (unpaired) electrons. The third-order valence-corrected chi connectivity index (χ3v) is 1.93. The average Bonchev–Trinajstić information content (AvgIpc) is 2.53. The Morgan fingerprint density at radius 2 is 1.92 bits per heavy atom. The summed E-state index contributed by atoms with van der Waals surface area (Å²) in [6.07, 6.45) is 3.07. The Kier molecular flexibility index (Phi) is 1.77. The summed E-state index contributed by atoms with van der Waals surface area (Å²) in [5.41, 5.74) is 2.11. The molecule has 0 spiro atoms. The van der Waals surface area contributed by atoms with E-state index in [-0.39, 0.29) is 0 Å². The summed E-state index contributed by atoms with van der Waals surface area (Å²) in [4.78, 5) is 4.03. The van der Waals surface area contributed by atoms with Crippen molar-refractivity contribution in [3.63, 3.8) is 0 Å². The summed E-state index contributed by atoms with van der Waals surface area (Å²) < 4.78 is 1.02. The molecule has 0 bridgehead atoms. The van der Waals surface area contributed by atoms with Gasteiger partial charge >= 0.3 is 0 Å². The molecule has 1 N–H and O–H groups in total. The van der Waals surface area contributed by atoms with E-state index in [4.69, 9.17) is 0 Å². The molecule has 0 amide bonds. The van der Waals surface area contributed by atoms with Crippen LogP contribution in [0.4, 0.5) is 0 Å². The normalized spacial score (nSPS) is 10.2. The minimum Gasteiger partial charge on any atom is -0.427 e. The van der Waals surface area contributed by atoms with Crippen molar-refractivity contribution in [2.75, 3.05) is 0 Å². The van der Waals surface area contributed by atoms with Crippen molar-refractivity contribution in [3.05, 3.63) is 42.2 Å². The molecule has 0 aliphatic heterocycles. The molecule has 2 aromatic rings. The van der Waals surface area contributed by atoms with E-state index in [1.54, 1.807) is 6.20 Å². The van der Waals surface area contributed by atoms with Gasteiger partial charge in [0.2, 0.25) is 0 Å². The molecule has 3 nitrogen and oxygen atoms in total. The number of benzene rings is 1. The van der Waals surface area contributed by atoms with Crippen LogP contribution in [0.25, 0.3) is 11.4 Å². The second kappa shape index (κ2) is 2.94. The highest BCUT2D eigenvalue weighted by Gasteiger charge is 2.02. The lowest BCUT2D eigenvalue weighted by Crippen LogP contribution is -1.92. The maximum absolute atomic E-state index is 9.33. The second-order valence-electron chi connectivity index (χ2n) is 2.96. The van der Waals surface area contributed by atoms with Crippen LogP contribution in [0, 0.1) is 6.92 Å². The van der Waals surface area contributed by atoms with Gasteiger partial charge in [-0.3, -0.25) is 0 Å². The van der Waals surface area contributed by atoms with Crippen LogP contribution >= 0.6 is 0 Å². The topological polar surface area (TPSA) is 38.0 Å². The zero-order chi connectivity index (χ0) is 9.26. The Labute approximate surface area is 76.2 Å². The van der Waals surface area contributed by atoms with E-state index in [0.29, 0.717) is 5.82 Å². The largest absolute Gasteiger partial charge is 0.427 e. The first-order valence-corrected chi connectivity index (χ1v) is 4.07. The third-order valence-electron chi connectivity index (χ3n) is 1.93. The van der Waals surface area contributed by atoms with Crippen LogP contribution < -0.4 is 0 Å². The number of hydrogen-bond acceptors (Lipinski definition) is 2. The van der Waals surface area contributed by atoms with Crippen LogP contribution in [-0.4, -0.2) is 14.9 Å². The fourth-order valence-corrected chi connectivity index (χ4v) is 1.21. The summed E-state index contributed by atoms with van der Waals surface area (Å²) >= 11 is 0. The van der Waals surface area contributed by atoms with Gasteiger partial charge in [-0.2, -0.15) is 4.73 Å². The van der Waals surface area contributed by atoms with Crippen molar-refractivity contribution in [1.29, 1.82) is 0 Å². The van der Waals surface area contributed by atoms with Gasteiger partial charge in [0, 0.05) is 11.8 Å². The smallest absolute Gasteiger partial charge is 0.175 e. The minimum absolute atomic E-state index is 0.569. The summed E-state index contributed by atoms with van der Waals surface area (Å²) in [6.45, 7) is 2.02. The Bertz CT molecular complexity index is 403. The van der Waals surface area contributed by atoms with E-state index >= 15 is 0 Å². The van der Waals surface area contributed by atoms with Crippen molar-refractivity contribution >= 4 is 0 Å². The molecule has 3 heteroatoms. The molecule has 66 valence electrons. The number of aromatic nitrogens is 2. The average molecular weight is 174 g/mol. The summed E-state index contributed by atoms with van der Waals surface area (Å²) in [7, 11) is 0. The van der Waals surface area contributed by atoms with Gasteiger partial charge in [-0.05, 0) is 6.92 Å². The number of hydrogen-bond donors (Lipinski definition) is 1. The van der Waals surface area contributed by atoms with Crippen molar-refractivity contribution < 1.29 is 5.21 Å². The summed E-state index contributed by atoms with van der Waals surface area (Å²) in [5.74, 6) is 0.569.